The summed E-state index contributed by atoms with van der Waals surface area (Å²) in [6, 6.07) is 0. The fraction of sp³-hybridized carbons (Fsp3) is 0.600. The smallest absolute Gasteiger partial charge is 0.462 e. The number of esters is 2. The first-order chi connectivity index (χ1) is 41.8. The minimum atomic E-state index is -4.41. The van der Waals surface area contributed by atoms with Crippen LogP contribution in [0.15, 0.2) is 170 Å². The van der Waals surface area contributed by atoms with Crippen LogP contribution in [-0.2, 0) is 32.7 Å². The third-order valence-electron chi connectivity index (χ3n) is 13.6. The molecule has 0 saturated carbocycles. The van der Waals surface area contributed by atoms with E-state index in [-0.39, 0.29) is 32.6 Å². The van der Waals surface area contributed by atoms with Crippen LogP contribution >= 0.6 is 7.82 Å². The van der Waals surface area contributed by atoms with E-state index < -0.39 is 32.5 Å². The molecule has 3 N–H and O–H groups in total. The Morgan fingerprint density at radius 3 is 0.906 bits per heavy atom. The molecule has 10 heteroatoms. The minimum absolute atomic E-state index is 0.0424. The number of ether oxygens (including phenoxy) is 2. The predicted octanol–water partition coefficient (Wildman–Crippen LogP) is 22.2. The van der Waals surface area contributed by atoms with E-state index >= 15 is 0 Å². The van der Waals surface area contributed by atoms with E-state index in [9.17, 15) is 19.0 Å². The molecule has 0 aliphatic heterocycles. The van der Waals surface area contributed by atoms with Gasteiger partial charge in [-0.3, -0.25) is 18.6 Å². The van der Waals surface area contributed by atoms with Gasteiger partial charge >= 0.3 is 19.8 Å². The molecule has 0 aromatic carbocycles. The molecule has 2 unspecified atom stereocenters. The summed E-state index contributed by atoms with van der Waals surface area (Å²) in [5, 5.41) is 0. The van der Waals surface area contributed by atoms with E-state index in [0.29, 0.717) is 6.42 Å². The molecule has 0 saturated heterocycles. The fourth-order valence-electron chi connectivity index (χ4n) is 8.71. The Bertz CT molecular complexity index is 2000. The van der Waals surface area contributed by atoms with Gasteiger partial charge in [0.15, 0.2) is 6.10 Å². The van der Waals surface area contributed by atoms with Crippen LogP contribution in [0.2, 0.25) is 0 Å². The highest BCUT2D eigenvalue weighted by molar-refractivity contribution is 7.47. The van der Waals surface area contributed by atoms with E-state index in [0.717, 1.165) is 148 Å². The first-order valence-corrected chi connectivity index (χ1v) is 35.1. The molecular weight excluding hydrogens is 1070 g/mol. The summed E-state index contributed by atoms with van der Waals surface area (Å²) in [7, 11) is -4.41. The van der Waals surface area contributed by atoms with Gasteiger partial charge in [-0.25, -0.2) is 4.57 Å². The van der Waals surface area contributed by atoms with Gasteiger partial charge in [0.05, 0.1) is 13.2 Å². The number of rotatable bonds is 61. The summed E-state index contributed by atoms with van der Waals surface area (Å²) in [4.78, 5) is 35.3. The average molecular weight is 1200 g/mol. The van der Waals surface area contributed by atoms with Crippen molar-refractivity contribution in [2.75, 3.05) is 26.4 Å². The highest BCUT2D eigenvalue weighted by atomic mass is 31.2. The zero-order valence-corrected chi connectivity index (χ0v) is 54.7. The zero-order chi connectivity index (χ0) is 61.6. The van der Waals surface area contributed by atoms with Crippen molar-refractivity contribution in [3.63, 3.8) is 0 Å². The predicted molar refractivity (Wildman–Crippen MR) is 366 cm³/mol. The van der Waals surface area contributed by atoms with E-state index in [1.807, 2.05) is 0 Å². The molecule has 0 radical (unpaired) electrons. The van der Waals surface area contributed by atoms with Gasteiger partial charge in [0, 0.05) is 19.4 Å². The molecule has 0 rings (SSSR count). The number of hydrogen-bond donors (Lipinski definition) is 2. The van der Waals surface area contributed by atoms with Gasteiger partial charge in [-0.15, -0.1) is 0 Å². The van der Waals surface area contributed by atoms with Crippen molar-refractivity contribution in [2.24, 2.45) is 5.73 Å². The van der Waals surface area contributed by atoms with Crippen molar-refractivity contribution in [1.29, 1.82) is 0 Å². The lowest BCUT2D eigenvalue weighted by atomic mass is 10.0. The lowest BCUT2D eigenvalue weighted by molar-refractivity contribution is -0.161. The SMILES string of the molecule is CC/C=C\C/C=C\C/C=C\C/C=C\C/C=C\C/C=C\C/C=C\C/C=C\C/C=C\C/C=C\CCCCCCCCC(=O)OC(COC(=O)CCCCCCCCCCCCCCCC/C=C\C/C=C\C/C=C\C/C=C\CC)COP(=O)(O)OCCN. The number of nitrogens with two attached hydrogens (primary N) is 1. The van der Waals surface area contributed by atoms with Crippen LogP contribution in [0.5, 0.6) is 0 Å². The number of allylic oxidation sites excluding steroid dienone is 28. The Labute approximate surface area is 521 Å². The summed E-state index contributed by atoms with van der Waals surface area (Å²) in [5.41, 5.74) is 5.40. The molecule has 0 heterocycles. The summed E-state index contributed by atoms with van der Waals surface area (Å²) >= 11 is 0. The van der Waals surface area contributed by atoms with Crippen LogP contribution < -0.4 is 5.73 Å². The molecule has 0 fully saturated rings. The van der Waals surface area contributed by atoms with Gasteiger partial charge in [0.1, 0.15) is 6.61 Å². The summed E-state index contributed by atoms with van der Waals surface area (Å²) < 4.78 is 33.1. The van der Waals surface area contributed by atoms with Crippen LogP contribution in [0.1, 0.15) is 258 Å². The molecule has 0 aromatic heterocycles. The van der Waals surface area contributed by atoms with Gasteiger partial charge in [0.25, 0.3) is 0 Å². The highest BCUT2D eigenvalue weighted by Gasteiger charge is 2.26. The third kappa shape index (κ3) is 68.4. The second-order valence-corrected chi connectivity index (χ2v) is 23.0. The van der Waals surface area contributed by atoms with Gasteiger partial charge in [-0.2, -0.15) is 0 Å². The molecule has 0 bridgehead atoms. The van der Waals surface area contributed by atoms with Gasteiger partial charge in [-0.1, -0.05) is 287 Å². The molecule has 85 heavy (non-hydrogen) atoms. The summed E-state index contributed by atoms with van der Waals surface area (Å²) in [5.74, 6) is -0.853. The van der Waals surface area contributed by atoms with Gasteiger partial charge in [-0.05, 0) is 128 Å². The van der Waals surface area contributed by atoms with E-state index in [2.05, 4.69) is 184 Å². The number of phosphoric acid groups is 1. The van der Waals surface area contributed by atoms with Crippen LogP contribution in [0.4, 0.5) is 0 Å². The monoisotopic (exact) mass is 1200 g/mol. The van der Waals surface area contributed by atoms with Gasteiger partial charge in [0.2, 0.25) is 0 Å². The van der Waals surface area contributed by atoms with Crippen LogP contribution in [0.25, 0.3) is 0 Å². The van der Waals surface area contributed by atoms with Crippen LogP contribution in [0.3, 0.4) is 0 Å². The molecule has 0 aliphatic rings. The van der Waals surface area contributed by atoms with Crippen LogP contribution in [0, 0.1) is 0 Å². The molecule has 0 aromatic rings. The quantitative estimate of drug-likeness (QED) is 0.0264. The van der Waals surface area contributed by atoms with E-state index in [1.165, 1.54) is 77.0 Å². The Morgan fingerprint density at radius 1 is 0.353 bits per heavy atom. The molecule has 0 aliphatic carbocycles. The summed E-state index contributed by atoms with van der Waals surface area (Å²) in [6.07, 6.45) is 101. The van der Waals surface area contributed by atoms with Gasteiger partial charge < -0.3 is 20.1 Å². The topological polar surface area (TPSA) is 134 Å². The maximum Gasteiger partial charge on any atom is 0.472 e. The van der Waals surface area contributed by atoms with Crippen molar-refractivity contribution in [2.45, 2.75) is 264 Å². The number of hydrogen-bond acceptors (Lipinski definition) is 8. The standard InChI is InChI=1S/C75H122NO8P/c1-3-5-7-9-11-13-15-17-19-21-23-25-27-29-31-32-33-34-35-36-37-38-39-40-42-44-46-48-50-52-54-56-58-60-62-64-66-68-75(78)84-73(72-83-85(79,80)82-70-69-76)71-81-74(77)67-65-63-61-59-57-55-53-51-49-47-45-43-41-30-28-26-24-22-20-18-16-14-12-10-8-6-4-2/h5-8,11-14,17-20,23-26,29,31,33-34,36-37,39-40,44,46,50,52,73H,3-4,9-10,15-16,21-22,27-28,30,32,35,38,41-43,45,47-49,51,53-72,76H2,1-2H3,(H,79,80)/b7-5-,8-6-,13-11-,14-12-,19-17-,20-18-,25-23-,26-24-,31-29-,34-33-,37-36-,40-39-,46-44-,52-50-. The van der Waals surface area contributed by atoms with Crippen molar-refractivity contribution >= 4 is 19.8 Å². The first kappa shape index (κ1) is 80.4. The molecule has 0 spiro atoms. The molecule has 2 atom stereocenters. The van der Waals surface area contributed by atoms with Crippen LogP contribution in [-0.4, -0.2) is 49.3 Å². The highest BCUT2D eigenvalue weighted by Crippen LogP contribution is 2.43. The number of carbonyl (C=O) groups is 2. The second-order valence-electron chi connectivity index (χ2n) is 21.6. The Hall–Kier alpha value is -4.63. The number of unbranched alkanes of at least 4 members (excludes halogenated alkanes) is 20. The fourth-order valence-corrected chi connectivity index (χ4v) is 9.48. The Balaban J connectivity index is 4.01. The first-order valence-electron chi connectivity index (χ1n) is 33.6. The number of phosphoric ester groups is 1. The van der Waals surface area contributed by atoms with E-state index in [4.69, 9.17) is 24.3 Å². The van der Waals surface area contributed by atoms with Crippen molar-refractivity contribution in [3.05, 3.63) is 170 Å². The van der Waals surface area contributed by atoms with Crippen molar-refractivity contribution in [3.8, 4) is 0 Å². The van der Waals surface area contributed by atoms with E-state index in [1.54, 1.807) is 0 Å². The lowest BCUT2D eigenvalue weighted by Crippen LogP contribution is -2.29. The maximum absolute atomic E-state index is 12.8. The average Bonchev–Trinajstić information content (AvgIpc) is 3.52. The minimum Gasteiger partial charge on any atom is -0.462 e. The zero-order valence-electron chi connectivity index (χ0n) is 53.8. The van der Waals surface area contributed by atoms with Crippen molar-refractivity contribution in [1.82, 2.24) is 0 Å². The number of carbonyl (C=O) groups excluding carboxylic acids is 2. The van der Waals surface area contributed by atoms with Crippen molar-refractivity contribution < 1.29 is 37.6 Å². The maximum atomic E-state index is 12.8. The molecule has 480 valence electrons. The third-order valence-corrected chi connectivity index (χ3v) is 14.6. The molecular formula is C75H122NO8P. The molecule has 9 nitrogen and oxygen atoms in total. The largest absolute Gasteiger partial charge is 0.472 e. The Kier molecular flexibility index (Phi) is 64.8. The normalized spacial score (nSPS) is 14.1. The molecule has 0 amide bonds. The lowest BCUT2D eigenvalue weighted by Gasteiger charge is -2.19. The second kappa shape index (κ2) is 68.5. The summed E-state index contributed by atoms with van der Waals surface area (Å²) in [6.45, 7) is 3.49. The Morgan fingerprint density at radius 2 is 0.612 bits per heavy atom.